The molecule has 4 rings (SSSR count). The van der Waals surface area contributed by atoms with Gasteiger partial charge in [0, 0.05) is 0 Å². The molecule has 0 saturated carbocycles. The molecular weight excluding hydrogens is 336 g/mol. The molecule has 0 radical (unpaired) electrons. The number of anilines is 1. The largest absolute Gasteiger partial charge is 0.454 e. The number of barbiturate groups is 1. The summed E-state index contributed by atoms with van der Waals surface area (Å²) in [4.78, 5) is 38.1. The molecule has 2 aliphatic rings. The first-order valence-corrected chi connectivity index (χ1v) is 7.91. The van der Waals surface area contributed by atoms with Crippen LogP contribution in [-0.2, 0) is 9.59 Å². The predicted molar refractivity (Wildman–Crippen MR) is 92.7 cm³/mol. The monoisotopic (exact) mass is 350 g/mol. The zero-order valence-corrected chi connectivity index (χ0v) is 13.8. The minimum Gasteiger partial charge on any atom is -0.454 e. The van der Waals surface area contributed by atoms with E-state index in [1.165, 1.54) is 6.08 Å². The molecule has 1 saturated heterocycles. The van der Waals surface area contributed by atoms with Crippen LogP contribution in [-0.4, -0.2) is 24.6 Å². The molecule has 4 amide bonds. The molecule has 0 unspecified atom stereocenters. The minimum atomic E-state index is -0.770. The Labute approximate surface area is 148 Å². The normalized spacial score (nSPS) is 17.7. The molecule has 1 N–H and O–H groups in total. The summed E-state index contributed by atoms with van der Waals surface area (Å²) in [5.41, 5.74) is 1.74. The lowest BCUT2D eigenvalue weighted by atomic mass is 10.1. The number of fused-ring (bicyclic) bond motifs is 1. The Hall–Kier alpha value is -3.61. The molecule has 7 nitrogen and oxygen atoms in total. The predicted octanol–water partition coefficient (Wildman–Crippen LogP) is 2.39. The van der Waals surface area contributed by atoms with E-state index in [0.29, 0.717) is 22.7 Å². The van der Waals surface area contributed by atoms with Crippen LogP contribution in [0.5, 0.6) is 11.5 Å². The molecule has 1 fully saturated rings. The number of imide groups is 2. The SMILES string of the molecule is Cc1cccc(N2C(=O)NC(=O)C(=Cc3ccc4c(c3)OCO4)C2=O)c1. The number of benzene rings is 2. The van der Waals surface area contributed by atoms with E-state index < -0.39 is 17.8 Å². The highest BCUT2D eigenvalue weighted by atomic mass is 16.7. The van der Waals surface area contributed by atoms with E-state index in [9.17, 15) is 14.4 Å². The van der Waals surface area contributed by atoms with Crippen molar-refractivity contribution in [1.82, 2.24) is 5.32 Å². The van der Waals surface area contributed by atoms with Crippen molar-refractivity contribution in [3.8, 4) is 11.5 Å². The van der Waals surface area contributed by atoms with Crippen LogP contribution in [0.25, 0.3) is 6.08 Å². The number of aryl methyl sites for hydroxylation is 1. The Balaban J connectivity index is 1.72. The second-order valence-electron chi connectivity index (χ2n) is 5.91. The fraction of sp³-hybridized carbons (Fsp3) is 0.105. The number of carbonyl (C=O) groups excluding carboxylic acids is 3. The number of nitrogens with one attached hydrogen (secondary N) is 1. The van der Waals surface area contributed by atoms with Gasteiger partial charge in [0.15, 0.2) is 11.5 Å². The molecule has 2 heterocycles. The summed E-state index contributed by atoms with van der Waals surface area (Å²) >= 11 is 0. The van der Waals surface area contributed by atoms with Crippen LogP contribution < -0.4 is 19.7 Å². The fourth-order valence-corrected chi connectivity index (χ4v) is 2.83. The van der Waals surface area contributed by atoms with E-state index in [-0.39, 0.29) is 12.4 Å². The molecule has 0 spiro atoms. The van der Waals surface area contributed by atoms with Crippen molar-refractivity contribution in [3.05, 3.63) is 59.2 Å². The van der Waals surface area contributed by atoms with Gasteiger partial charge in [0.2, 0.25) is 6.79 Å². The van der Waals surface area contributed by atoms with Crippen LogP contribution in [0, 0.1) is 6.92 Å². The Morgan fingerprint density at radius 3 is 2.65 bits per heavy atom. The molecule has 2 aliphatic heterocycles. The van der Waals surface area contributed by atoms with Crippen LogP contribution in [0.15, 0.2) is 48.0 Å². The number of hydrogen-bond donors (Lipinski definition) is 1. The van der Waals surface area contributed by atoms with Crippen molar-refractivity contribution in [2.45, 2.75) is 6.92 Å². The van der Waals surface area contributed by atoms with Gasteiger partial charge in [-0.1, -0.05) is 18.2 Å². The summed E-state index contributed by atoms with van der Waals surface area (Å²) in [7, 11) is 0. The average molecular weight is 350 g/mol. The van der Waals surface area contributed by atoms with Crippen molar-refractivity contribution >= 4 is 29.6 Å². The smallest absolute Gasteiger partial charge is 0.335 e. The summed E-state index contributed by atoms with van der Waals surface area (Å²) in [6.07, 6.45) is 1.43. The zero-order chi connectivity index (χ0) is 18.3. The van der Waals surface area contributed by atoms with Crippen molar-refractivity contribution < 1.29 is 23.9 Å². The van der Waals surface area contributed by atoms with Gasteiger partial charge in [-0.15, -0.1) is 0 Å². The Bertz CT molecular complexity index is 980. The fourth-order valence-electron chi connectivity index (χ4n) is 2.83. The number of carbonyl (C=O) groups is 3. The molecule has 0 atom stereocenters. The minimum absolute atomic E-state index is 0.129. The van der Waals surface area contributed by atoms with E-state index >= 15 is 0 Å². The van der Waals surface area contributed by atoms with Gasteiger partial charge in [0.05, 0.1) is 5.69 Å². The number of hydrogen-bond acceptors (Lipinski definition) is 5. The number of amides is 4. The van der Waals surface area contributed by atoms with Crippen LogP contribution >= 0.6 is 0 Å². The molecular formula is C19H14N2O5. The van der Waals surface area contributed by atoms with Crippen molar-refractivity contribution in [2.75, 3.05) is 11.7 Å². The lowest BCUT2D eigenvalue weighted by Gasteiger charge is -2.26. The van der Waals surface area contributed by atoms with Gasteiger partial charge in [0.1, 0.15) is 5.57 Å². The Morgan fingerprint density at radius 1 is 1.04 bits per heavy atom. The van der Waals surface area contributed by atoms with Crippen LogP contribution in [0.1, 0.15) is 11.1 Å². The van der Waals surface area contributed by atoms with E-state index in [0.717, 1.165) is 10.5 Å². The zero-order valence-electron chi connectivity index (χ0n) is 13.8. The molecule has 26 heavy (non-hydrogen) atoms. The first-order chi connectivity index (χ1) is 12.5. The highest BCUT2D eigenvalue weighted by Crippen LogP contribution is 2.33. The summed E-state index contributed by atoms with van der Waals surface area (Å²) in [5, 5.41) is 2.20. The Morgan fingerprint density at radius 2 is 1.85 bits per heavy atom. The van der Waals surface area contributed by atoms with Crippen molar-refractivity contribution in [3.63, 3.8) is 0 Å². The number of urea groups is 1. The van der Waals surface area contributed by atoms with Gasteiger partial charge in [0.25, 0.3) is 11.8 Å². The van der Waals surface area contributed by atoms with E-state index in [2.05, 4.69) is 5.32 Å². The van der Waals surface area contributed by atoms with Crippen LogP contribution in [0.4, 0.5) is 10.5 Å². The lowest BCUT2D eigenvalue weighted by Crippen LogP contribution is -2.54. The highest BCUT2D eigenvalue weighted by Gasteiger charge is 2.36. The number of nitrogens with zero attached hydrogens (tertiary/aromatic N) is 1. The van der Waals surface area contributed by atoms with Gasteiger partial charge in [-0.3, -0.25) is 14.9 Å². The highest BCUT2D eigenvalue weighted by molar-refractivity contribution is 6.39. The van der Waals surface area contributed by atoms with Gasteiger partial charge < -0.3 is 9.47 Å². The quantitative estimate of drug-likeness (QED) is 0.664. The van der Waals surface area contributed by atoms with E-state index in [1.807, 2.05) is 13.0 Å². The summed E-state index contributed by atoms with van der Waals surface area (Å²) in [6, 6.07) is 11.2. The maximum absolute atomic E-state index is 12.8. The van der Waals surface area contributed by atoms with Gasteiger partial charge in [-0.2, -0.15) is 0 Å². The van der Waals surface area contributed by atoms with E-state index in [1.54, 1.807) is 36.4 Å². The molecule has 130 valence electrons. The third-order valence-corrected chi connectivity index (χ3v) is 4.07. The first-order valence-electron chi connectivity index (χ1n) is 7.91. The maximum Gasteiger partial charge on any atom is 0.335 e. The number of ether oxygens (including phenoxy) is 2. The van der Waals surface area contributed by atoms with Crippen molar-refractivity contribution in [2.24, 2.45) is 0 Å². The lowest BCUT2D eigenvalue weighted by molar-refractivity contribution is -0.122. The summed E-state index contributed by atoms with van der Waals surface area (Å²) in [5.74, 6) is -0.277. The molecule has 7 heteroatoms. The molecule has 0 aromatic heterocycles. The number of rotatable bonds is 2. The van der Waals surface area contributed by atoms with Crippen LogP contribution in [0.3, 0.4) is 0 Å². The molecule has 2 aromatic rings. The third kappa shape index (κ3) is 2.69. The average Bonchev–Trinajstić information content (AvgIpc) is 3.06. The maximum atomic E-state index is 12.8. The molecule has 0 aliphatic carbocycles. The third-order valence-electron chi connectivity index (χ3n) is 4.07. The van der Waals surface area contributed by atoms with Gasteiger partial charge in [-0.05, 0) is 48.4 Å². The van der Waals surface area contributed by atoms with Crippen molar-refractivity contribution in [1.29, 1.82) is 0 Å². The van der Waals surface area contributed by atoms with E-state index in [4.69, 9.17) is 9.47 Å². The standard InChI is InChI=1S/C19H14N2O5/c1-11-3-2-4-13(7-11)21-18(23)14(17(22)20-19(21)24)8-12-5-6-15-16(9-12)26-10-25-15/h2-9H,10H2,1H3,(H,20,22,24). The second-order valence-corrected chi connectivity index (χ2v) is 5.91. The van der Waals surface area contributed by atoms with Gasteiger partial charge in [-0.25, -0.2) is 9.69 Å². The summed E-state index contributed by atoms with van der Waals surface area (Å²) < 4.78 is 10.5. The molecule has 2 aromatic carbocycles. The molecule has 0 bridgehead atoms. The van der Waals surface area contributed by atoms with Gasteiger partial charge >= 0.3 is 6.03 Å². The first kappa shape index (κ1) is 15.9. The topological polar surface area (TPSA) is 84.9 Å². The Kier molecular flexibility index (Phi) is 3.69. The van der Waals surface area contributed by atoms with Crippen LogP contribution in [0.2, 0.25) is 0 Å². The summed E-state index contributed by atoms with van der Waals surface area (Å²) in [6.45, 7) is 1.98. The second kappa shape index (κ2) is 6.03.